The number of rotatable bonds is 4. The minimum atomic E-state index is -4.42. The minimum absolute atomic E-state index is 0.145. The predicted octanol–water partition coefficient (Wildman–Crippen LogP) is 0.647. The summed E-state index contributed by atoms with van der Waals surface area (Å²) < 4.78 is 14.5. The summed E-state index contributed by atoms with van der Waals surface area (Å²) >= 11 is 0. The summed E-state index contributed by atoms with van der Waals surface area (Å²) in [6.07, 6.45) is 3.27. The second-order valence-electron chi connectivity index (χ2n) is 3.40. The van der Waals surface area contributed by atoms with Crippen LogP contribution in [0.3, 0.4) is 0 Å². The van der Waals surface area contributed by atoms with Crippen molar-refractivity contribution in [3.63, 3.8) is 0 Å². The fourth-order valence-corrected chi connectivity index (χ4v) is 2.00. The molecule has 6 heteroatoms. The van der Waals surface area contributed by atoms with E-state index in [4.69, 9.17) is 9.79 Å². The van der Waals surface area contributed by atoms with E-state index >= 15 is 0 Å². The van der Waals surface area contributed by atoms with Crippen molar-refractivity contribution in [1.82, 2.24) is 0 Å². The summed E-state index contributed by atoms with van der Waals surface area (Å²) in [5.74, 6) is 0.145. The molecular weight excluding hydrogens is 195 g/mol. The highest BCUT2D eigenvalue weighted by Crippen LogP contribution is 2.37. The van der Waals surface area contributed by atoms with Crippen molar-refractivity contribution in [3.05, 3.63) is 0 Å². The highest BCUT2D eigenvalue weighted by Gasteiger charge is 2.25. The van der Waals surface area contributed by atoms with Crippen LogP contribution < -0.4 is 0 Å². The molecule has 1 rings (SSSR count). The van der Waals surface area contributed by atoms with E-state index in [2.05, 4.69) is 4.52 Å². The van der Waals surface area contributed by atoms with Crippen LogP contribution in [-0.2, 0) is 9.09 Å². The zero-order valence-electron chi connectivity index (χ0n) is 7.30. The first-order chi connectivity index (χ1) is 5.99. The molecule has 5 nitrogen and oxygen atoms in total. The molecule has 0 spiro atoms. The Kier molecular flexibility index (Phi) is 3.88. The molecule has 0 bridgehead atoms. The molecule has 0 heterocycles. The summed E-state index contributed by atoms with van der Waals surface area (Å²) in [5.41, 5.74) is 0. The molecule has 78 valence electrons. The molecule has 0 saturated heterocycles. The van der Waals surface area contributed by atoms with Crippen molar-refractivity contribution in [3.8, 4) is 0 Å². The first kappa shape index (κ1) is 11.1. The SMILES string of the molecule is O=P(O)(O)OCC(O)C1CCCC1. The standard InChI is InChI=1S/C7H15O5P/c8-7(5-12-13(9,10)11)6-3-1-2-4-6/h6-8H,1-5H2,(H2,9,10,11). The summed E-state index contributed by atoms with van der Waals surface area (Å²) in [7, 11) is -4.42. The highest BCUT2D eigenvalue weighted by molar-refractivity contribution is 7.46. The van der Waals surface area contributed by atoms with Gasteiger partial charge in [-0.15, -0.1) is 0 Å². The van der Waals surface area contributed by atoms with Gasteiger partial charge in [-0.1, -0.05) is 12.8 Å². The lowest BCUT2D eigenvalue weighted by atomic mass is 10.0. The summed E-state index contributed by atoms with van der Waals surface area (Å²) in [6, 6.07) is 0. The zero-order valence-corrected chi connectivity index (χ0v) is 8.19. The molecule has 13 heavy (non-hydrogen) atoms. The fourth-order valence-electron chi connectivity index (χ4n) is 1.65. The molecule has 0 radical (unpaired) electrons. The van der Waals surface area contributed by atoms with E-state index in [1.807, 2.05) is 0 Å². The third kappa shape index (κ3) is 4.20. The molecular formula is C7H15O5P. The van der Waals surface area contributed by atoms with Gasteiger partial charge in [-0.3, -0.25) is 4.52 Å². The summed E-state index contributed by atoms with van der Waals surface area (Å²) in [5, 5.41) is 9.44. The Bertz CT molecular complexity index is 195. The van der Waals surface area contributed by atoms with Crippen LogP contribution in [-0.4, -0.2) is 27.6 Å². The van der Waals surface area contributed by atoms with Gasteiger partial charge in [0, 0.05) is 0 Å². The van der Waals surface area contributed by atoms with Crippen LogP contribution in [0.5, 0.6) is 0 Å². The molecule has 0 aromatic rings. The van der Waals surface area contributed by atoms with Crippen LogP contribution in [0.25, 0.3) is 0 Å². The van der Waals surface area contributed by atoms with Gasteiger partial charge in [0.05, 0.1) is 12.7 Å². The van der Waals surface area contributed by atoms with Crippen LogP contribution in [0.1, 0.15) is 25.7 Å². The maximum atomic E-state index is 10.3. The van der Waals surface area contributed by atoms with Gasteiger partial charge in [0.15, 0.2) is 0 Å². The van der Waals surface area contributed by atoms with Crippen LogP contribution in [0.2, 0.25) is 0 Å². The van der Waals surface area contributed by atoms with E-state index in [9.17, 15) is 9.67 Å². The molecule has 0 aromatic heterocycles. The predicted molar refractivity (Wildman–Crippen MR) is 46.0 cm³/mol. The van der Waals surface area contributed by atoms with E-state index in [0.717, 1.165) is 25.7 Å². The second kappa shape index (κ2) is 4.53. The normalized spacial score (nSPS) is 22.1. The van der Waals surface area contributed by atoms with E-state index in [0.29, 0.717) is 0 Å². The third-order valence-electron chi connectivity index (χ3n) is 2.36. The first-order valence-electron chi connectivity index (χ1n) is 4.37. The number of hydrogen-bond donors (Lipinski definition) is 3. The van der Waals surface area contributed by atoms with Gasteiger partial charge >= 0.3 is 7.82 Å². The first-order valence-corrected chi connectivity index (χ1v) is 5.90. The van der Waals surface area contributed by atoms with Crippen molar-refractivity contribution >= 4 is 7.82 Å². The van der Waals surface area contributed by atoms with Gasteiger partial charge in [0.1, 0.15) is 0 Å². The minimum Gasteiger partial charge on any atom is -0.390 e. The van der Waals surface area contributed by atoms with E-state index in [-0.39, 0.29) is 12.5 Å². The molecule has 1 saturated carbocycles. The van der Waals surface area contributed by atoms with Crippen molar-refractivity contribution < 1.29 is 24.0 Å². The van der Waals surface area contributed by atoms with Gasteiger partial charge in [0.2, 0.25) is 0 Å². The molecule has 0 aromatic carbocycles. The number of phosphoric ester groups is 1. The largest absolute Gasteiger partial charge is 0.469 e. The summed E-state index contributed by atoms with van der Waals surface area (Å²) in [4.78, 5) is 16.8. The Morgan fingerprint density at radius 1 is 1.38 bits per heavy atom. The molecule has 0 amide bonds. The van der Waals surface area contributed by atoms with Gasteiger partial charge in [-0.2, -0.15) is 0 Å². The van der Waals surface area contributed by atoms with Gasteiger partial charge < -0.3 is 14.9 Å². The fraction of sp³-hybridized carbons (Fsp3) is 1.00. The van der Waals surface area contributed by atoms with Crippen LogP contribution in [0, 0.1) is 5.92 Å². The van der Waals surface area contributed by atoms with E-state index in [1.54, 1.807) is 0 Å². The number of hydrogen-bond acceptors (Lipinski definition) is 3. The number of aliphatic hydroxyl groups excluding tert-OH is 1. The molecule has 1 unspecified atom stereocenters. The Morgan fingerprint density at radius 2 is 1.92 bits per heavy atom. The van der Waals surface area contributed by atoms with Gasteiger partial charge in [0.25, 0.3) is 0 Å². The second-order valence-corrected chi connectivity index (χ2v) is 4.64. The zero-order chi connectivity index (χ0) is 9.90. The van der Waals surface area contributed by atoms with Gasteiger partial charge in [-0.05, 0) is 18.8 Å². The highest BCUT2D eigenvalue weighted by atomic mass is 31.2. The van der Waals surface area contributed by atoms with Crippen LogP contribution in [0.15, 0.2) is 0 Å². The Hall–Kier alpha value is 0.0700. The lowest BCUT2D eigenvalue weighted by Crippen LogP contribution is -2.23. The number of aliphatic hydroxyl groups is 1. The molecule has 3 N–H and O–H groups in total. The van der Waals surface area contributed by atoms with Crippen molar-refractivity contribution in [2.75, 3.05) is 6.61 Å². The maximum Gasteiger partial charge on any atom is 0.469 e. The maximum absolute atomic E-state index is 10.3. The van der Waals surface area contributed by atoms with Crippen molar-refractivity contribution in [2.24, 2.45) is 5.92 Å². The Labute approximate surface area is 77.0 Å². The van der Waals surface area contributed by atoms with Gasteiger partial charge in [-0.25, -0.2) is 4.57 Å². The molecule has 1 aliphatic rings. The lowest BCUT2D eigenvalue weighted by molar-refractivity contribution is 0.0454. The van der Waals surface area contributed by atoms with Crippen LogP contribution in [0.4, 0.5) is 0 Å². The van der Waals surface area contributed by atoms with Crippen LogP contribution >= 0.6 is 7.82 Å². The molecule has 1 fully saturated rings. The van der Waals surface area contributed by atoms with Crippen molar-refractivity contribution in [2.45, 2.75) is 31.8 Å². The van der Waals surface area contributed by atoms with E-state index < -0.39 is 13.9 Å². The van der Waals surface area contributed by atoms with Crippen molar-refractivity contribution in [1.29, 1.82) is 0 Å². The Morgan fingerprint density at radius 3 is 2.38 bits per heavy atom. The smallest absolute Gasteiger partial charge is 0.390 e. The van der Waals surface area contributed by atoms with E-state index in [1.165, 1.54) is 0 Å². The number of phosphoric acid groups is 1. The Balaban J connectivity index is 2.24. The average molecular weight is 210 g/mol. The summed E-state index contributed by atoms with van der Waals surface area (Å²) in [6.45, 7) is -0.269. The molecule has 1 aliphatic carbocycles. The third-order valence-corrected chi connectivity index (χ3v) is 2.84. The quantitative estimate of drug-likeness (QED) is 0.593. The topological polar surface area (TPSA) is 87.0 Å². The monoisotopic (exact) mass is 210 g/mol. The molecule has 0 aliphatic heterocycles. The molecule has 1 atom stereocenters. The average Bonchev–Trinajstić information content (AvgIpc) is 2.50. The lowest BCUT2D eigenvalue weighted by Gasteiger charge is -2.17.